The summed E-state index contributed by atoms with van der Waals surface area (Å²) in [5.74, 6) is -0.299. The average Bonchev–Trinajstić information content (AvgIpc) is 3.08. The fourth-order valence-corrected chi connectivity index (χ4v) is 5.05. The molecule has 3 heterocycles. The van der Waals surface area contributed by atoms with Gasteiger partial charge in [-0.25, -0.2) is 4.31 Å². The first-order valence-electron chi connectivity index (χ1n) is 10.1. The van der Waals surface area contributed by atoms with Gasteiger partial charge in [0, 0.05) is 32.2 Å². The van der Waals surface area contributed by atoms with E-state index in [1.165, 1.54) is 6.07 Å². The quantitative estimate of drug-likeness (QED) is 0.677. The lowest BCUT2D eigenvalue weighted by molar-refractivity contribution is -0.138. The number of amides is 1. The third-order valence-electron chi connectivity index (χ3n) is 6.16. The number of carbonyl (C=O) groups excluding carboxylic acids is 1. The number of carbonyl (C=O) groups is 1. The third kappa shape index (κ3) is 3.97. The highest BCUT2D eigenvalue weighted by Crippen LogP contribution is 2.39. The Kier molecular flexibility index (Phi) is 5.85. The predicted molar refractivity (Wildman–Crippen MR) is 110 cm³/mol. The molecule has 30 heavy (non-hydrogen) atoms. The van der Waals surface area contributed by atoms with Gasteiger partial charge in [0.1, 0.15) is 0 Å². The van der Waals surface area contributed by atoms with Crippen LogP contribution in [0, 0.1) is 0 Å². The summed E-state index contributed by atoms with van der Waals surface area (Å²) in [7, 11) is 1.86. The number of nitrogens with zero attached hydrogens (tertiary/aromatic N) is 4. The number of benzene rings is 1. The van der Waals surface area contributed by atoms with Crippen LogP contribution in [-0.4, -0.2) is 50.8 Å². The van der Waals surface area contributed by atoms with Crippen LogP contribution in [0.25, 0.3) is 0 Å². The predicted octanol–water partition coefficient (Wildman–Crippen LogP) is 4.09. The van der Waals surface area contributed by atoms with Crippen LogP contribution < -0.4 is 0 Å². The van der Waals surface area contributed by atoms with Gasteiger partial charge >= 0.3 is 6.18 Å². The molecule has 0 spiro atoms. The molecular weight excluding hydrogens is 413 g/mol. The summed E-state index contributed by atoms with van der Waals surface area (Å²) in [6, 6.07) is 5.79. The van der Waals surface area contributed by atoms with Crippen molar-refractivity contribution in [2.24, 2.45) is 7.05 Å². The van der Waals surface area contributed by atoms with Crippen molar-refractivity contribution in [3.8, 4) is 0 Å². The molecule has 0 unspecified atom stereocenters. The van der Waals surface area contributed by atoms with Gasteiger partial charge in [0.15, 0.2) is 5.69 Å². The second kappa shape index (κ2) is 8.26. The number of piperidine rings is 1. The Morgan fingerprint density at radius 1 is 1.17 bits per heavy atom. The second-order valence-electron chi connectivity index (χ2n) is 7.85. The zero-order chi connectivity index (χ0) is 21.5. The van der Waals surface area contributed by atoms with Crippen molar-refractivity contribution < 1.29 is 18.0 Å². The van der Waals surface area contributed by atoms with E-state index < -0.39 is 11.7 Å². The third-order valence-corrected chi connectivity index (χ3v) is 6.99. The Labute approximate surface area is 178 Å². The van der Waals surface area contributed by atoms with Crippen molar-refractivity contribution in [3.63, 3.8) is 0 Å². The normalized spacial score (nSPS) is 18.5. The molecule has 1 aromatic carbocycles. The monoisotopic (exact) mass is 438 g/mol. The standard InChI is InChI=1S/C21H25F3N4OS/c1-26-18-13-28(30-2)12-9-16(18)19(25-26)20(29)27-10-7-14(8-11-27)15-5-3-4-6-17(15)21(22,23)24/h3-6,14H,7-13H2,1-2H3. The molecule has 2 aliphatic heterocycles. The van der Waals surface area contributed by atoms with Crippen molar-refractivity contribution in [2.75, 3.05) is 25.9 Å². The highest BCUT2D eigenvalue weighted by Gasteiger charge is 2.37. The van der Waals surface area contributed by atoms with Crippen molar-refractivity contribution in [1.29, 1.82) is 0 Å². The van der Waals surface area contributed by atoms with Crippen molar-refractivity contribution >= 4 is 17.9 Å². The molecule has 1 fully saturated rings. The number of hydrogen-bond acceptors (Lipinski definition) is 4. The summed E-state index contributed by atoms with van der Waals surface area (Å²) in [6.45, 7) is 2.51. The van der Waals surface area contributed by atoms with Crippen molar-refractivity contribution in [1.82, 2.24) is 19.0 Å². The van der Waals surface area contributed by atoms with E-state index in [0.29, 0.717) is 37.2 Å². The van der Waals surface area contributed by atoms with Gasteiger partial charge in [-0.3, -0.25) is 9.48 Å². The van der Waals surface area contributed by atoms with Crippen LogP contribution in [0.15, 0.2) is 24.3 Å². The number of aromatic nitrogens is 2. The molecule has 0 N–H and O–H groups in total. The van der Waals surface area contributed by atoms with E-state index in [0.717, 1.165) is 36.8 Å². The number of hydrogen-bond donors (Lipinski definition) is 0. The number of rotatable bonds is 3. The minimum Gasteiger partial charge on any atom is -0.337 e. The van der Waals surface area contributed by atoms with Gasteiger partial charge in [-0.05, 0) is 43.1 Å². The maximum absolute atomic E-state index is 13.4. The Hall–Kier alpha value is -2.00. The minimum atomic E-state index is -4.36. The molecule has 4 rings (SSSR count). The van der Waals surface area contributed by atoms with Crippen LogP contribution in [0.1, 0.15) is 51.6 Å². The first-order valence-corrected chi connectivity index (χ1v) is 11.3. The fraction of sp³-hybridized carbons (Fsp3) is 0.524. The Bertz CT molecular complexity index is 935. The van der Waals surface area contributed by atoms with Crippen molar-refractivity contribution in [2.45, 2.75) is 37.9 Å². The Morgan fingerprint density at radius 2 is 1.87 bits per heavy atom. The van der Waals surface area contributed by atoms with E-state index >= 15 is 0 Å². The van der Waals surface area contributed by atoms with Crippen LogP contribution >= 0.6 is 11.9 Å². The minimum absolute atomic E-state index is 0.105. The number of fused-ring (bicyclic) bond motifs is 1. The number of likely N-dealkylation sites (tertiary alicyclic amines) is 1. The fourth-order valence-electron chi connectivity index (χ4n) is 4.53. The number of halogens is 3. The summed E-state index contributed by atoms with van der Waals surface area (Å²) in [5, 5.41) is 4.50. The van der Waals surface area contributed by atoms with Crippen LogP contribution in [0.3, 0.4) is 0 Å². The maximum atomic E-state index is 13.4. The van der Waals surface area contributed by atoms with Gasteiger partial charge in [-0.2, -0.15) is 18.3 Å². The SMILES string of the molecule is CSN1CCc2c(C(=O)N3CCC(c4ccccc4C(F)(F)F)CC3)nn(C)c2C1. The summed E-state index contributed by atoms with van der Waals surface area (Å²) >= 11 is 1.68. The number of aryl methyl sites for hydroxylation is 1. The van der Waals surface area contributed by atoms with E-state index in [2.05, 4.69) is 9.40 Å². The number of alkyl halides is 3. The molecule has 9 heteroatoms. The van der Waals surface area contributed by atoms with Gasteiger partial charge < -0.3 is 4.90 Å². The molecule has 1 amide bonds. The lowest BCUT2D eigenvalue weighted by atomic mass is 9.86. The van der Waals surface area contributed by atoms with Crippen LogP contribution in [0.4, 0.5) is 13.2 Å². The van der Waals surface area contributed by atoms with Crippen LogP contribution in [-0.2, 0) is 26.2 Å². The van der Waals surface area contributed by atoms with Crippen LogP contribution in [0.2, 0.25) is 0 Å². The second-order valence-corrected chi connectivity index (χ2v) is 8.73. The smallest absolute Gasteiger partial charge is 0.337 e. The molecule has 0 atom stereocenters. The van der Waals surface area contributed by atoms with E-state index in [-0.39, 0.29) is 11.8 Å². The van der Waals surface area contributed by atoms with Gasteiger partial charge in [0.2, 0.25) is 0 Å². The summed E-state index contributed by atoms with van der Waals surface area (Å²) in [5.41, 5.74) is 2.35. The van der Waals surface area contributed by atoms with E-state index in [9.17, 15) is 18.0 Å². The first kappa shape index (κ1) is 21.2. The van der Waals surface area contributed by atoms with Gasteiger partial charge in [-0.1, -0.05) is 30.1 Å². The lowest BCUT2D eigenvalue weighted by Crippen LogP contribution is -2.39. The van der Waals surface area contributed by atoms with Gasteiger partial charge in [0.25, 0.3) is 5.91 Å². The van der Waals surface area contributed by atoms with E-state index in [4.69, 9.17) is 0 Å². The largest absolute Gasteiger partial charge is 0.416 e. The van der Waals surface area contributed by atoms with E-state index in [1.807, 2.05) is 13.3 Å². The molecule has 2 aliphatic rings. The maximum Gasteiger partial charge on any atom is 0.416 e. The van der Waals surface area contributed by atoms with Gasteiger partial charge in [0.05, 0.1) is 17.8 Å². The first-order chi connectivity index (χ1) is 14.3. The summed E-state index contributed by atoms with van der Waals surface area (Å²) in [4.78, 5) is 14.9. The van der Waals surface area contributed by atoms with Crippen molar-refractivity contribution in [3.05, 3.63) is 52.3 Å². The lowest BCUT2D eigenvalue weighted by Gasteiger charge is -2.33. The zero-order valence-corrected chi connectivity index (χ0v) is 17.9. The zero-order valence-electron chi connectivity index (χ0n) is 17.1. The molecule has 1 aromatic heterocycles. The Balaban J connectivity index is 1.48. The molecule has 2 aromatic rings. The molecule has 0 radical (unpaired) electrons. The van der Waals surface area contributed by atoms with E-state index in [1.54, 1.807) is 33.7 Å². The molecule has 1 saturated heterocycles. The molecule has 0 bridgehead atoms. The molecule has 5 nitrogen and oxygen atoms in total. The molecule has 0 aliphatic carbocycles. The van der Waals surface area contributed by atoms with Gasteiger partial charge in [-0.15, -0.1) is 0 Å². The summed E-state index contributed by atoms with van der Waals surface area (Å²) in [6.07, 6.45) is -0.502. The highest BCUT2D eigenvalue weighted by molar-refractivity contribution is 7.96. The summed E-state index contributed by atoms with van der Waals surface area (Å²) < 4.78 is 44.1. The molecular formula is C21H25F3N4OS. The highest BCUT2D eigenvalue weighted by atomic mass is 32.2. The Morgan fingerprint density at radius 3 is 2.53 bits per heavy atom. The average molecular weight is 439 g/mol. The molecule has 0 saturated carbocycles. The molecule has 162 valence electrons. The topological polar surface area (TPSA) is 41.4 Å². The van der Waals surface area contributed by atoms with Crippen LogP contribution in [0.5, 0.6) is 0 Å².